The summed E-state index contributed by atoms with van der Waals surface area (Å²) in [6.07, 6.45) is 6.31. The summed E-state index contributed by atoms with van der Waals surface area (Å²) in [5, 5.41) is 9.47. The average molecular weight is 454 g/mol. The molecule has 0 bridgehead atoms. The summed E-state index contributed by atoms with van der Waals surface area (Å²) in [6, 6.07) is 17.9. The number of carbonyl (C=O) groups excluding carboxylic acids is 2. The highest BCUT2D eigenvalue weighted by atomic mass is 19.1. The van der Waals surface area contributed by atoms with Crippen LogP contribution < -0.4 is 10.6 Å². The summed E-state index contributed by atoms with van der Waals surface area (Å²) in [5.41, 5.74) is 1.46. The fraction of sp³-hybridized carbons (Fsp3) is 0.250. The zero-order chi connectivity index (χ0) is 23.3. The number of benzene rings is 3. The Kier molecular flexibility index (Phi) is 4.83. The fourth-order valence-corrected chi connectivity index (χ4v) is 4.99. The highest BCUT2D eigenvalue weighted by Crippen LogP contribution is 2.70. The minimum absolute atomic E-state index is 0.0615. The van der Waals surface area contributed by atoms with Gasteiger partial charge in [0, 0.05) is 35.6 Å². The molecule has 170 valence electrons. The molecule has 6 rings (SSSR count). The summed E-state index contributed by atoms with van der Waals surface area (Å²) in [7, 11) is 0. The van der Waals surface area contributed by atoms with Gasteiger partial charge in [-0.15, -0.1) is 0 Å². The molecule has 2 unspecified atom stereocenters. The number of nitrogens with zero attached hydrogens (tertiary/aromatic N) is 1. The molecule has 0 saturated heterocycles. The number of carbonyl (C=O) groups is 2. The molecule has 0 radical (unpaired) electrons. The molecule has 2 aliphatic rings. The van der Waals surface area contributed by atoms with Crippen molar-refractivity contribution in [3.8, 4) is 0 Å². The summed E-state index contributed by atoms with van der Waals surface area (Å²) < 4.78 is 13.9. The lowest BCUT2D eigenvalue weighted by Crippen LogP contribution is -2.38. The van der Waals surface area contributed by atoms with Crippen LogP contribution >= 0.6 is 0 Å². The van der Waals surface area contributed by atoms with Crippen molar-refractivity contribution >= 4 is 33.4 Å². The maximum atomic E-state index is 13.9. The lowest BCUT2D eigenvalue weighted by Gasteiger charge is -2.21. The second-order valence-electron chi connectivity index (χ2n) is 9.55. The summed E-state index contributed by atoms with van der Waals surface area (Å²) in [4.78, 5) is 30.2. The highest BCUT2D eigenvalue weighted by molar-refractivity contribution is 6.06. The van der Waals surface area contributed by atoms with Crippen LogP contribution in [0.2, 0.25) is 0 Å². The first-order valence-corrected chi connectivity index (χ1v) is 11.6. The van der Waals surface area contributed by atoms with Gasteiger partial charge in [-0.05, 0) is 65.3 Å². The van der Waals surface area contributed by atoms with Crippen molar-refractivity contribution in [2.75, 3.05) is 6.54 Å². The number of rotatable bonds is 6. The first kappa shape index (κ1) is 20.8. The van der Waals surface area contributed by atoms with Crippen LogP contribution in [0.1, 0.15) is 41.2 Å². The van der Waals surface area contributed by atoms with Gasteiger partial charge in [0.2, 0.25) is 5.91 Å². The van der Waals surface area contributed by atoms with Gasteiger partial charge >= 0.3 is 0 Å². The Morgan fingerprint density at radius 1 is 1.00 bits per heavy atom. The van der Waals surface area contributed by atoms with E-state index in [1.807, 2.05) is 42.5 Å². The number of hydrogen-bond donors (Lipinski definition) is 2. The number of halogens is 1. The molecule has 0 aliphatic heterocycles. The van der Waals surface area contributed by atoms with Gasteiger partial charge in [0.05, 0.1) is 11.6 Å². The van der Waals surface area contributed by atoms with E-state index in [4.69, 9.17) is 0 Å². The average Bonchev–Trinajstić information content (AvgIpc) is 3.79. The molecule has 2 N–H and O–H groups in total. The van der Waals surface area contributed by atoms with Crippen LogP contribution in [0.5, 0.6) is 0 Å². The molecule has 1 aromatic heterocycles. The molecule has 1 heterocycles. The lowest BCUT2D eigenvalue weighted by atomic mass is 10.0. The van der Waals surface area contributed by atoms with Gasteiger partial charge in [-0.3, -0.25) is 14.6 Å². The first-order valence-electron chi connectivity index (χ1n) is 11.6. The Morgan fingerprint density at radius 3 is 2.59 bits per heavy atom. The molecule has 2 saturated carbocycles. The van der Waals surface area contributed by atoms with E-state index in [0.717, 1.165) is 35.6 Å². The zero-order valence-electron chi connectivity index (χ0n) is 18.6. The largest absolute Gasteiger partial charge is 0.353 e. The normalized spacial score (nSPS) is 18.6. The number of pyridine rings is 1. The maximum Gasteiger partial charge on any atom is 0.254 e. The quantitative estimate of drug-likeness (QED) is 0.436. The molecular weight excluding hydrogens is 429 g/mol. The van der Waals surface area contributed by atoms with Gasteiger partial charge in [-0.1, -0.05) is 36.4 Å². The predicted molar refractivity (Wildman–Crippen MR) is 129 cm³/mol. The van der Waals surface area contributed by atoms with Crippen molar-refractivity contribution in [2.45, 2.75) is 25.3 Å². The Hall–Kier alpha value is -3.80. The first-order chi connectivity index (χ1) is 16.5. The van der Waals surface area contributed by atoms with E-state index in [1.165, 1.54) is 18.3 Å². The number of amides is 2. The Balaban J connectivity index is 1.29. The highest BCUT2D eigenvalue weighted by Gasteiger charge is 2.65. The van der Waals surface area contributed by atoms with Crippen LogP contribution in [0.25, 0.3) is 21.5 Å². The standard InChI is InChI=1S/C28H24FN3O2/c29-21-8-7-20-14-30-15-23(22(20)12-21)26(33)32-25(16-31-27(34)24-13-28(24)9-10-28)19-6-5-17-3-1-2-4-18(17)11-19/h1-8,11-12,14-15,24-25H,9-10,13,16H2,(H,31,34)(H,32,33). The molecule has 34 heavy (non-hydrogen) atoms. The maximum absolute atomic E-state index is 13.9. The molecule has 5 nitrogen and oxygen atoms in total. The van der Waals surface area contributed by atoms with Crippen LogP contribution in [-0.4, -0.2) is 23.3 Å². The third-order valence-electron chi connectivity index (χ3n) is 7.33. The third-order valence-corrected chi connectivity index (χ3v) is 7.33. The van der Waals surface area contributed by atoms with Crippen molar-refractivity contribution in [2.24, 2.45) is 11.3 Å². The lowest BCUT2D eigenvalue weighted by molar-refractivity contribution is -0.122. The Bertz CT molecular complexity index is 1450. The third kappa shape index (κ3) is 3.79. The van der Waals surface area contributed by atoms with Crippen molar-refractivity contribution in [1.82, 2.24) is 15.6 Å². The fourth-order valence-electron chi connectivity index (χ4n) is 4.99. The van der Waals surface area contributed by atoms with Crippen molar-refractivity contribution in [1.29, 1.82) is 0 Å². The van der Waals surface area contributed by atoms with Gasteiger partial charge < -0.3 is 10.6 Å². The molecule has 2 amide bonds. The number of nitrogens with one attached hydrogen (secondary N) is 2. The van der Waals surface area contributed by atoms with E-state index in [2.05, 4.69) is 15.6 Å². The van der Waals surface area contributed by atoms with E-state index in [9.17, 15) is 14.0 Å². The number of fused-ring (bicyclic) bond motifs is 2. The Morgan fingerprint density at radius 2 is 1.79 bits per heavy atom. The Labute approximate surface area is 196 Å². The zero-order valence-corrected chi connectivity index (χ0v) is 18.6. The predicted octanol–water partition coefficient (Wildman–Crippen LogP) is 4.91. The van der Waals surface area contributed by atoms with Gasteiger partial charge in [-0.25, -0.2) is 4.39 Å². The van der Waals surface area contributed by atoms with E-state index < -0.39 is 11.9 Å². The van der Waals surface area contributed by atoms with Gasteiger partial charge in [0.25, 0.3) is 5.91 Å². The van der Waals surface area contributed by atoms with E-state index >= 15 is 0 Å². The van der Waals surface area contributed by atoms with E-state index in [1.54, 1.807) is 12.3 Å². The molecule has 1 spiro atoms. The minimum Gasteiger partial charge on any atom is -0.353 e. The van der Waals surface area contributed by atoms with Gasteiger partial charge in [-0.2, -0.15) is 0 Å². The van der Waals surface area contributed by atoms with Crippen molar-refractivity contribution < 1.29 is 14.0 Å². The van der Waals surface area contributed by atoms with Crippen LogP contribution in [0.3, 0.4) is 0 Å². The molecular formula is C28H24FN3O2. The smallest absolute Gasteiger partial charge is 0.254 e. The summed E-state index contributed by atoms with van der Waals surface area (Å²) >= 11 is 0. The van der Waals surface area contributed by atoms with Crippen molar-refractivity contribution in [3.05, 3.63) is 90.0 Å². The molecule has 3 aromatic carbocycles. The SMILES string of the molecule is O=C(NC(CNC(=O)C1CC12CC2)c1ccc2ccccc2c1)c1cncc2ccc(F)cc12. The summed E-state index contributed by atoms with van der Waals surface area (Å²) in [6.45, 7) is 0.280. The number of aromatic nitrogens is 1. The van der Waals surface area contributed by atoms with Gasteiger partial charge in [0.1, 0.15) is 5.82 Å². The van der Waals surface area contributed by atoms with Crippen LogP contribution in [0, 0.1) is 17.2 Å². The monoisotopic (exact) mass is 453 g/mol. The molecule has 4 aromatic rings. The summed E-state index contributed by atoms with van der Waals surface area (Å²) in [5.74, 6) is -0.608. The molecule has 6 heteroatoms. The topological polar surface area (TPSA) is 71.1 Å². The van der Waals surface area contributed by atoms with Crippen molar-refractivity contribution in [3.63, 3.8) is 0 Å². The van der Waals surface area contributed by atoms with Crippen LogP contribution in [0.4, 0.5) is 4.39 Å². The van der Waals surface area contributed by atoms with Crippen LogP contribution in [-0.2, 0) is 4.79 Å². The second-order valence-corrected chi connectivity index (χ2v) is 9.55. The van der Waals surface area contributed by atoms with E-state index in [-0.39, 0.29) is 29.7 Å². The van der Waals surface area contributed by atoms with Gasteiger partial charge in [0.15, 0.2) is 0 Å². The molecule has 2 aliphatic carbocycles. The number of hydrogen-bond acceptors (Lipinski definition) is 3. The van der Waals surface area contributed by atoms with Crippen LogP contribution in [0.15, 0.2) is 73.1 Å². The minimum atomic E-state index is -0.446. The molecule has 2 atom stereocenters. The second kappa shape index (κ2) is 7.90. The molecule has 2 fully saturated rings. The van der Waals surface area contributed by atoms with E-state index in [0.29, 0.717) is 16.3 Å².